The molecule has 0 spiro atoms. The Morgan fingerprint density at radius 3 is 1.94 bits per heavy atom. The van der Waals surface area contributed by atoms with Gasteiger partial charge in [-0.15, -0.1) is 0 Å². The Kier molecular flexibility index (Phi) is 5.09. The van der Waals surface area contributed by atoms with Crippen molar-refractivity contribution in [1.82, 2.24) is 0 Å². The Labute approximate surface area is 197 Å². The van der Waals surface area contributed by atoms with Gasteiger partial charge in [-0.3, -0.25) is 19.3 Å². The Bertz CT molecular complexity index is 1050. The predicted molar refractivity (Wildman–Crippen MR) is 127 cm³/mol. The molecule has 1 N–H and O–H groups in total. The van der Waals surface area contributed by atoms with Crippen LogP contribution in [0.4, 0.5) is 11.4 Å². The van der Waals surface area contributed by atoms with E-state index < -0.39 is 0 Å². The molecule has 0 unspecified atom stereocenters. The molecule has 6 atom stereocenters. The topological polar surface area (TPSA) is 66.5 Å². The predicted octanol–water partition coefficient (Wildman–Crippen LogP) is 4.84. The summed E-state index contributed by atoms with van der Waals surface area (Å²) in [6, 6.07) is 12.6. The molecule has 5 nitrogen and oxygen atoms in total. The van der Waals surface area contributed by atoms with E-state index in [1.807, 2.05) is 32.0 Å². The Morgan fingerprint density at radius 1 is 0.903 bits per heavy atom. The Balaban J connectivity index is 1.35. The van der Waals surface area contributed by atoms with Crippen LogP contribution in [0.1, 0.15) is 27.9 Å². The Morgan fingerprint density at radius 2 is 1.42 bits per heavy atom. The van der Waals surface area contributed by atoms with Crippen molar-refractivity contribution in [1.29, 1.82) is 0 Å². The van der Waals surface area contributed by atoms with Crippen molar-refractivity contribution in [2.75, 3.05) is 10.2 Å². The first-order valence-electron chi connectivity index (χ1n) is 10.4. The van der Waals surface area contributed by atoms with Crippen LogP contribution in [0.15, 0.2) is 42.5 Å². The van der Waals surface area contributed by atoms with Crippen LogP contribution in [0.3, 0.4) is 0 Å². The van der Waals surface area contributed by atoms with Gasteiger partial charge in [0.05, 0.1) is 17.5 Å². The van der Waals surface area contributed by atoms with Crippen LogP contribution in [0.2, 0.25) is 0 Å². The second-order valence-electron chi connectivity index (χ2n) is 8.89. The standard InChI is InChI=1S/C24H22Br2N2O3/c1-11-7-12(2)9-14(8-11)27-22(29)13-3-5-15(6-4-13)28-23(30)18-16-10-17(19(18)24(28)31)21(26)20(16)25/h3-9,16-21H,10H2,1-2H3,(H,27,29)/t16-,17-,18-,19-,20+,21+/m1/s1. The second-order valence-corrected chi connectivity index (χ2v) is 11.0. The number of carbonyl (C=O) groups is 3. The van der Waals surface area contributed by atoms with E-state index >= 15 is 0 Å². The number of rotatable bonds is 3. The molecule has 2 bridgehead atoms. The minimum absolute atomic E-state index is 0.112. The molecule has 1 saturated heterocycles. The van der Waals surface area contributed by atoms with Crippen LogP contribution >= 0.6 is 31.9 Å². The van der Waals surface area contributed by atoms with Crippen LogP contribution in [0, 0.1) is 37.5 Å². The molecule has 31 heavy (non-hydrogen) atoms. The first-order chi connectivity index (χ1) is 14.8. The number of imide groups is 1. The SMILES string of the molecule is Cc1cc(C)cc(NC(=O)c2ccc(N3C(=O)[C@@H]4[C@H]5C[C@@H]([C@H](Br)[C@H]5Br)[C@H]4C3=O)cc2)c1. The number of anilines is 2. The number of benzene rings is 2. The van der Waals surface area contributed by atoms with E-state index in [0.717, 1.165) is 23.2 Å². The Hall–Kier alpha value is -1.99. The number of fused-ring (bicyclic) bond motifs is 5. The van der Waals surface area contributed by atoms with Gasteiger partial charge in [-0.1, -0.05) is 37.9 Å². The lowest BCUT2D eigenvalue weighted by molar-refractivity contribution is -0.123. The fraction of sp³-hybridized carbons (Fsp3) is 0.375. The van der Waals surface area contributed by atoms with E-state index in [-0.39, 0.29) is 51.0 Å². The lowest BCUT2D eigenvalue weighted by Gasteiger charge is -2.28. The molecule has 2 saturated carbocycles. The maximum atomic E-state index is 13.2. The molecule has 3 amide bonds. The number of carbonyl (C=O) groups excluding carboxylic acids is 3. The van der Waals surface area contributed by atoms with Crippen molar-refractivity contribution in [3.05, 3.63) is 59.2 Å². The molecule has 2 aliphatic carbocycles. The fourth-order valence-corrected chi connectivity index (χ4v) is 7.49. The minimum atomic E-state index is -0.247. The average Bonchev–Trinajstić information content (AvgIpc) is 3.32. The van der Waals surface area contributed by atoms with Crippen molar-refractivity contribution in [3.63, 3.8) is 0 Å². The smallest absolute Gasteiger partial charge is 0.255 e. The zero-order chi connectivity index (χ0) is 22.0. The van der Waals surface area contributed by atoms with Gasteiger partial charge in [0, 0.05) is 20.9 Å². The summed E-state index contributed by atoms with van der Waals surface area (Å²) in [7, 11) is 0. The van der Waals surface area contributed by atoms with Gasteiger partial charge in [0.1, 0.15) is 0 Å². The van der Waals surface area contributed by atoms with Gasteiger partial charge in [0.25, 0.3) is 5.91 Å². The summed E-state index contributed by atoms with van der Waals surface area (Å²) >= 11 is 7.42. The van der Waals surface area contributed by atoms with Gasteiger partial charge in [0.15, 0.2) is 0 Å². The highest BCUT2D eigenvalue weighted by atomic mass is 79.9. The molecule has 2 aromatic rings. The monoisotopic (exact) mass is 544 g/mol. The van der Waals surface area contributed by atoms with Crippen LogP contribution < -0.4 is 10.2 Å². The first kappa shape index (κ1) is 20.9. The first-order valence-corrected chi connectivity index (χ1v) is 12.2. The van der Waals surface area contributed by atoms with E-state index in [0.29, 0.717) is 11.3 Å². The molecule has 5 rings (SSSR count). The number of hydrogen-bond acceptors (Lipinski definition) is 3. The summed E-state index contributed by atoms with van der Waals surface area (Å²) in [6.07, 6.45) is 0.907. The largest absolute Gasteiger partial charge is 0.322 e. The molecule has 3 fully saturated rings. The van der Waals surface area contributed by atoms with Crippen LogP contribution in [-0.4, -0.2) is 27.4 Å². The van der Waals surface area contributed by atoms with E-state index in [9.17, 15) is 14.4 Å². The number of halogens is 2. The summed E-state index contributed by atoms with van der Waals surface area (Å²) < 4.78 is 0. The zero-order valence-corrected chi connectivity index (χ0v) is 20.3. The maximum Gasteiger partial charge on any atom is 0.255 e. The molecule has 160 valence electrons. The summed E-state index contributed by atoms with van der Waals surface area (Å²) in [4.78, 5) is 40.7. The molecule has 1 aliphatic heterocycles. The van der Waals surface area contributed by atoms with Crippen LogP contribution in [0.25, 0.3) is 0 Å². The van der Waals surface area contributed by atoms with Gasteiger partial charge < -0.3 is 5.32 Å². The third-order valence-corrected chi connectivity index (χ3v) is 10.1. The molecular weight excluding hydrogens is 524 g/mol. The number of hydrogen-bond donors (Lipinski definition) is 1. The number of amides is 3. The molecular formula is C24H22Br2N2O3. The number of nitrogens with one attached hydrogen (secondary N) is 1. The van der Waals surface area contributed by atoms with Crippen LogP contribution in [0.5, 0.6) is 0 Å². The zero-order valence-electron chi connectivity index (χ0n) is 17.1. The van der Waals surface area contributed by atoms with Gasteiger partial charge in [-0.25, -0.2) is 0 Å². The molecule has 3 aliphatic rings. The lowest BCUT2D eigenvalue weighted by Crippen LogP contribution is -2.37. The maximum absolute atomic E-state index is 13.2. The third kappa shape index (κ3) is 3.28. The van der Waals surface area contributed by atoms with Gasteiger partial charge in [0.2, 0.25) is 11.8 Å². The number of nitrogens with zero attached hydrogens (tertiary/aromatic N) is 1. The van der Waals surface area contributed by atoms with E-state index in [4.69, 9.17) is 0 Å². The normalized spacial score (nSPS) is 31.3. The van der Waals surface area contributed by atoms with Crippen molar-refractivity contribution in [2.45, 2.75) is 29.9 Å². The quantitative estimate of drug-likeness (QED) is 0.443. The molecule has 0 aromatic heterocycles. The third-order valence-electron chi connectivity index (χ3n) is 6.85. The van der Waals surface area contributed by atoms with Crippen LogP contribution in [-0.2, 0) is 9.59 Å². The van der Waals surface area contributed by atoms with Gasteiger partial charge in [-0.2, -0.15) is 0 Å². The second kappa shape index (κ2) is 7.55. The summed E-state index contributed by atoms with van der Waals surface area (Å²) in [5, 5.41) is 2.91. The van der Waals surface area contributed by atoms with E-state index in [2.05, 4.69) is 37.2 Å². The molecule has 7 heteroatoms. The molecule has 2 aromatic carbocycles. The number of alkyl halides is 2. The van der Waals surface area contributed by atoms with E-state index in [1.54, 1.807) is 24.3 Å². The minimum Gasteiger partial charge on any atom is -0.322 e. The van der Waals surface area contributed by atoms with Crippen molar-refractivity contribution in [2.24, 2.45) is 23.7 Å². The highest BCUT2D eigenvalue weighted by Gasteiger charge is 2.66. The average molecular weight is 546 g/mol. The fourth-order valence-electron chi connectivity index (χ4n) is 5.62. The summed E-state index contributed by atoms with van der Waals surface area (Å²) in [5.74, 6) is -0.578. The van der Waals surface area contributed by atoms with Crippen molar-refractivity contribution >= 4 is 61.0 Å². The highest BCUT2D eigenvalue weighted by molar-refractivity contribution is 9.12. The highest BCUT2D eigenvalue weighted by Crippen LogP contribution is 2.60. The van der Waals surface area contributed by atoms with Gasteiger partial charge in [-0.05, 0) is 79.6 Å². The lowest BCUT2D eigenvalue weighted by atomic mass is 9.81. The van der Waals surface area contributed by atoms with E-state index in [1.165, 1.54) is 4.90 Å². The molecule has 0 radical (unpaired) electrons. The van der Waals surface area contributed by atoms with Crippen molar-refractivity contribution in [3.8, 4) is 0 Å². The number of aryl methyl sites for hydroxylation is 2. The van der Waals surface area contributed by atoms with Gasteiger partial charge >= 0.3 is 0 Å². The summed E-state index contributed by atoms with van der Waals surface area (Å²) in [5.41, 5.74) is 3.90. The molecule has 1 heterocycles. The summed E-state index contributed by atoms with van der Waals surface area (Å²) in [6.45, 7) is 3.97. The van der Waals surface area contributed by atoms with Crippen molar-refractivity contribution < 1.29 is 14.4 Å².